The van der Waals surface area contributed by atoms with Crippen molar-refractivity contribution in [3.05, 3.63) is 65.4 Å². The zero-order valence-corrected chi connectivity index (χ0v) is 17.9. The number of aromatic nitrogens is 3. The molecule has 158 valence electrons. The van der Waals surface area contributed by atoms with Gasteiger partial charge in [0.2, 0.25) is 0 Å². The van der Waals surface area contributed by atoms with Crippen LogP contribution in [0.4, 0.5) is 9.52 Å². The summed E-state index contributed by atoms with van der Waals surface area (Å²) in [7, 11) is 4.85. The van der Waals surface area contributed by atoms with E-state index in [0.29, 0.717) is 33.6 Å². The van der Waals surface area contributed by atoms with E-state index in [1.165, 1.54) is 30.6 Å². The maximum atomic E-state index is 13.3. The van der Waals surface area contributed by atoms with Crippen LogP contribution in [0.25, 0.3) is 22.5 Å². The topological polar surface area (TPSA) is 78.3 Å². The van der Waals surface area contributed by atoms with Crippen molar-refractivity contribution in [1.82, 2.24) is 14.8 Å². The highest BCUT2D eigenvalue weighted by molar-refractivity contribution is 7.14. The smallest absolute Gasteiger partial charge is 0.261 e. The zero-order valence-electron chi connectivity index (χ0n) is 17.0. The lowest BCUT2D eigenvalue weighted by atomic mass is 10.1. The Morgan fingerprint density at radius 1 is 1.13 bits per heavy atom. The van der Waals surface area contributed by atoms with Gasteiger partial charge < -0.3 is 9.47 Å². The number of hydrogen-bond donors (Lipinski definition) is 1. The first-order chi connectivity index (χ1) is 15.0. The molecule has 0 aliphatic rings. The van der Waals surface area contributed by atoms with Gasteiger partial charge in [-0.1, -0.05) is 0 Å². The summed E-state index contributed by atoms with van der Waals surface area (Å²) < 4.78 is 25.4. The number of nitrogens with zero attached hydrogens (tertiary/aromatic N) is 3. The van der Waals surface area contributed by atoms with E-state index >= 15 is 0 Å². The molecule has 2 heterocycles. The molecule has 2 aromatic heterocycles. The molecule has 7 nitrogen and oxygen atoms in total. The number of carbonyl (C=O) groups excluding carboxylic acids is 1. The third kappa shape index (κ3) is 4.26. The maximum absolute atomic E-state index is 13.3. The van der Waals surface area contributed by atoms with Crippen molar-refractivity contribution in [3.63, 3.8) is 0 Å². The van der Waals surface area contributed by atoms with Gasteiger partial charge >= 0.3 is 0 Å². The standard InChI is InChI=1S/C22H19FN4O3S/c1-27-11-17(20(26-27)13-4-6-14(23)7-5-13)18-12-31-22(24-18)25-21(28)16-9-8-15(29-2)10-19(16)30-3/h4-12H,1-3H3,(H,24,25,28). The third-order valence-corrected chi connectivity index (χ3v) is 5.36. The van der Waals surface area contributed by atoms with Gasteiger partial charge in [-0.15, -0.1) is 11.3 Å². The molecule has 0 radical (unpaired) electrons. The molecule has 0 bridgehead atoms. The number of ether oxygens (including phenoxy) is 2. The van der Waals surface area contributed by atoms with Crippen molar-refractivity contribution < 1.29 is 18.7 Å². The molecule has 4 rings (SSSR count). The Labute approximate surface area is 182 Å². The van der Waals surface area contributed by atoms with Gasteiger partial charge in [-0.3, -0.25) is 14.8 Å². The number of thiazole rings is 1. The second-order valence-electron chi connectivity index (χ2n) is 6.63. The van der Waals surface area contributed by atoms with Crippen molar-refractivity contribution >= 4 is 22.4 Å². The molecule has 0 aliphatic heterocycles. The Morgan fingerprint density at radius 3 is 2.61 bits per heavy atom. The lowest BCUT2D eigenvalue weighted by Crippen LogP contribution is -2.13. The highest BCUT2D eigenvalue weighted by Gasteiger charge is 2.18. The fourth-order valence-electron chi connectivity index (χ4n) is 3.10. The van der Waals surface area contributed by atoms with Crippen molar-refractivity contribution in [2.24, 2.45) is 7.05 Å². The summed E-state index contributed by atoms with van der Waals surface area (Å²) >= 11 is 1.30. The number of nitrogens with one attached hydrogen (secondary N) is 1. The van der Waals surface area contributed by atoms with Crippen molar-refractivity contribution in [2.45, 2.75) is 0 Å². The third-order valence-electron chi connectivity index (χ3n) is 4.60. The number of halogens is 1. The normalized spacial score (nSPS) is 10.7. The van der Waals surface area contributed by atoms with E-state index in [0.717, 1.165) is 11.1 Å². The van der Waals surface area contributed by atoms with Crippen LogP contribution in [-0.4, -0.2) is 34.9 Å². The molecule has 4 aromatic rings. The van der Waals surface area contributed by atoms with Crippen LogP contribution in [0, 0.1) is 5.82 Å². The molecule has 0 fully saturated rings. The van der Waals surface area contributed by atoms with Crippen LogP contribution in [0.1, 0.15) is 10.4 Å². The highest BCUT2D eigenvalue weighted by atomic mass is 32.1. The zero-order chi connectivity index (χ0) is 22.0. The fourth-order valence-corrected chi connectivity index (χ4v) is 3.81. The molecule has 31 heavy (non-hydrogen) atoms. The quantitative estimate of drug-likeness (QED) is 0.475. The van der Waals surface area contributed by atoms with Crippen LogP contribution in [0.5, 0.6) is 11.5 Å². The first-order valence-electron chi connectivity index (χ1n) is 9.27. The van der Waals surface area contributed by atoms with Gasteiger partial charge in [-0.05, 0) is 36.4 Å². The molecule has 0 saturated heterocycles. The van der Waals surface area contributed by atoms with E-state index in [2.05, 4.69) is 15.4 Å². The molecule has 1 N–H and O–H groups in total. The van der Waals surface area contributed by atoms with Crippen LogP contribution in [-0.2, 0) is 7.05 Å². The summed E-state index contributed by atoms with van der Waals surface area (Å²) in [4.78, 5) is 17.3. The highest BCUT2D eigenvalue weighted by Crippen LogP contribution is 2.33. The molecular weight excluding hydrogens is 419 g/mol. The first-order valence-corrected chi connectivity index (χ1v) is 10.2. The summed E-state index contributed by atoms with van der Waals surface area (Å²) in [5, 5.41) is 9.57. The van der Waals surface area contributed by atoms with E-state index in [-0.39, 0.29) is 11.7 Å². The molecule has 0 saturated carbocycles. The van der Waals surface area contributed by atoms with E-state index in [1.807, 2.05) is 18.6 Å². The minimum Gasteiger partial charge on any atom is -0.497 e. The van der Waals surface area contributed by atoms with E-state index in [4.69, 9.17) is 9.47 Å². The van der Waals surface area contributed by atoms with Crippen molar-refractivity contribution in [3.8, 4) is 34.0 Å². The second-order valence-corrected chi connectivity index (χ2v) is 7.49. The molecule has 0 atom stereocenters. The summed E-state index contributed by atoms with van der Waals surface area (Å²) in [6, 6.07) is 11.1. The predicted octanol–water partition coefficient (Wildman–Crippen LogP) is 4.62. The van der Waals surface area contributed by atoms with Crippen LogP contribution in [0.15, 0.2) is 54.0 Å². The molecule has 2 aromatic carbocycles. The lowest BCUT2D eigenvalue weighted by molar-refractivity contribution is 0.102. The predicted molar refractivity (Wildman–Crippen MR) is 117 cm³/mol. The van der Waals surface area contributed by atoms with E-state index in [9.17, 15) is 9.18 Å². The Kier molecular flexibility index (Phi) is 5.68. The number of benzene rings is 2. The number of amides is 1. The Balaban J connectivity index is 1.60. The monoisotopic (exact) mass is 438 g/mol. The van der Waals surface area contributed by atoms with Crippen LogP contribution < -0.4 is 14.8 Å². The number of anilines is 1. The van der Waals surface area contributed by atoms with Crippen LogP contribution in [0.2, 0.25) is 0 Å². The average molecular weight is 438 g/mol. The van der Waals surface area contributed by atoms with Crippen LogP contribution >= 0.6 is 11.3 Å². The van der Waals surface area contributed by atoms with Crippen molar-refractivity contribution in [2.75, 3.05) is 19.5 Å². The first kappa shape index (κ1) is 20.5. The average Bonchev–Trinajstić information content (AvgIpc) is 3.40. The second kappa shape index (κ2) is 8.57. The number of hydrogen-bond acceptors (Lipinski definition) is 6. The molecule has 0 unspecified atom stereocenters. The number of methoxy groups -OCH3 is 2. The minimum absolute atomic E-state index is 0.311. The van der Waals surface area contributed by atoms with E-state index in [1.54, 1.807) is 42.1 Å². The van der Waals surface area contributed by atoms with Gasteiger partial charge in [0.05, 0.1) is 25.5 Å². The summed E-state index contributed by atoms with van der Waals surface area (Å²) in [5.74, 6) is 0.341. The Bertz CT molecular complexity index is 1230. The van der Waals surface area contributed by atoms with E-state index < -0.39 is 0 Å². The van der Waals surface area contributed by atoms with Gasteiger partial charge in [0.1, 0.15) is 23.0 Å². The SMILES string of the molecule is COc1ccc(C(=O)Nc2nc(-c3cn(C)nc3-c3ccc(F)cc3)cs2)c(OC)c1. The van der Waals surface area contributed by atoms with Gasteiger partial charge in [0.15, 0.2) is 5.13 Å². The molecular formula is C22H19FN4O3S. The number of carbonyl (C=O) groups is 1. The Hall–Kier alpha value is -3.72. The van der Waals surface area contributed by atoms with Gasteiger partial charge in [0.25, 0.3) is 5.91 Å². The largest absolute Gasteiger partial charge is 0.497 e. The molecule has 9 heteroatoms. The summed E-state index contributed by atoms with van der Waals surface area (Å²) in [5.41, 5.74) is 3.27. The Morgan fingerprint density at radius 2 is 1.90 bits per heavy atom. The summed E-state index contributed by atoms with van der Waals surface area (Å²) in [6.07, 6.45) is 1.84. The van der Waals surface area contributed by atoms with Gasteiger partial charge in [0, 0.05) is 35.8 Å². The molecule has 0 spiro atoms. The molecule has 0 aliphatic carbocycles. The minimum atomic E-state index is -0.342. The molecule has 1 amide bonds. The van der Waals surface area contributed by atoms with Crippen LogP contribution in [0.3, 0.4) is 0 Å². The lowest BCUT2D eigenvalue weighted by Gasteiger charge is -2.09. The van der Waals surface area contributed by atoms with Gasteiger partial charge in [-0.25, -0.2) is 9.37 Å². The number of aryl methyl sites for hydroxylation is 1. The maximum Gasteiger partial charge on any atom is 0.261 e. The van der Waals surface area contributed by atoms with Gasteiger partial charge in [-0.2, -0.15) is 5.10 Å². The van der Waals surface area contributed by atoms with Crippen molar-refractivity contribution in [1.29, 1.82) is 0 Å². The summed E-state index contributed by atoms with van der Waals surface area (Å²) in [6.45, 7) is 0. The number of rotatable bonds is 6. The fraction of sp³-hybridized carbons (Fsp3) is 0.136.